The fourth-order valence-electron chi connectivity index (χ4n) is 4.19. The first-order chi connectivity index (χ1) is 12.4. The summed E-state index contributed by atoms with van der Waals surface area (Å²) in [5, 5.41) is 10.4. The van der Waals surface area contributed by atoms with Gasteiger partial charge < -0.3 is 14.8 Å². The highest BCUT2D eigenvalue weighted by Crippen LogP contribution is 2.45. The lowest BCUT2D eigenvalue weighted by molar-refractivity contribution is -0.923. The predicted molar refractivity (Wildman–Crippen MR) is 94.1 cm³/mol. The van der Waals surface area contributed by atoms with Crippen LogP contribution in [0.15, 0.2) is 36.7 Å². The molecule has 138 valence electrons. The Morgan fingerprint density at radius 3 is 2.62 bits per heavy atom. The number of rotatable bonds is 4. The van der Waals surface area contributed by atoms with Crippen molar-refractivity contribution >= 4 is 12.1 Å². The summed E-state index contributed by atoms with van der Waals surface area (Å²) in [6.07, 6.45) is 0.778. The molecule has 0 spiro atoms. The second kappa shape index (κ2) is 6.92. The van der Waals surface area contributed by atoms with Crippen molar-refractivity contribution in [1.82, 2.24) is 9.97 Å². The molecule has 0 fully saturated rings. The average Bonchev–Trinajstić information content (AvgIpc) is 3.08. The molecule has 1 unspecified atom stereocenters. The Morgan fingerprint density at radius 1 is 1.35 bits per heavy atom. The molecule has 0 radical (unpaired) electrons. The summed E-state index contributed by atoms with van der Waals surface area (Å²) in [5.74, 6) is -0.557. The van der Waals surface area contributed by atoms with Crippen molar-refractivity contribution in [3.8, 4) is 0 Å². The number of hydrogen-bond acceptors (Lipinski definition) is 4. The van der Waals surface area contributed by atoms with Crippen LogP contribution in [-0.4, -0.2) is 44.8 Å². The maximum absolute atomic E-state index is 12.7. The number of nitrogens with one attached hydrogen (secondary N) is 1. The van der Waals surface area contributed by atoms with E-state index in [9.17, 15) is 14.7 Å². The number of aromatic amines is 1. The molecule has 1 amide bonds. The Bertz CT molecular complexity index is 802. The molecule has 7 heteroatoms. The van der Waals surface area contributed by atoms with Crippen molar-refractivity contribution < 1.29 is 23.9 Å². The predicted octanol–water partition coefficient (Wildman–Crippen LogP) is 2.90. The van der Waals surface area contributed by atoms with E-state index < -0.39 is 28.6 Å². The lowest BCUT2D eigenvalue weighted by Gasteiger charge is -2.47. The average molecular weight is 358 g/mol. The summed E-state index contributed by atoms with van der Waals surface area (Å²) in [5.41, 5.74) is 2.38. The van der Waals surface area contributed by atoms with Crippen LogP contribution < -0.4 is 0 Å². The first-order valence-electron chi connectivity index (χ1n) is 8.66. The summed E-state index contributed by atoms with van der Waals surface area (Å²) in [6, 6.07) is 8.08. The molecule has 3 rings (SSSR count). The van der Waals surface area contributed by atoms with Crippen molar-refractivity contribution in [2.24, 2.45) is 5.92 Å². The highest BCUT2D eigenvalue weighted by molar-refractivity contribution is 5.77. The van der Waals surface area contributed by atoms with Crippen molar-refractivity contribution in [1.29, 1.82) is 0 Å². The summed E-state index contributed by atoms with van der Waals surface area (Å²) in [6.45, 7) is 4.11. The normalized spacial score (nSPS) is 24.9. The zero-order valence-corrected chi connectivity index (χ0v) is 15.2. The lowest BCUT2D eigenvalue weighted by Crippen LogP contribution is -2.66. The summed E-state index contributed by atoms with van der Waals surface area (Å²) < 4.78 is 4.56. The molecule has 1 aromatic heterocycles. The fourth-order valence-corrected chi connectivity index (χ4v) is 4.19. The smallest absolute Gasteiger partial charge is 0.465 e. The number of amides is 1. The molecule has 2 N–H and O–H groups in total. The number of methoxy groups -OCH3 is 1. The van der Waals surface area contributed by atoms with Crippen molar-refractivity contribution in [3.63, 3.8) is 0 Å². The van der Waals surface area contributed by atoms with E-state index in [1.54, 1.807) is 6.33 Å². The van der Waals surface area contributed by atoms with E-state index in [0.717, 1.165) is 17.0 Å². The number of esters is 1. The van der Waals surface area contributed by atoms with Gasteiger partial charge in [-0.15, -0.1) is 0 Å². The number of ether oxygens (including phenoxy) is 1. The highest BCUT2D eigenvalue weighted by Gasteiger charge is 2.60. The summed E-state index contributed by atoms with van der Waals surface area (Å²) in [4.78, 5) is 32.8. The van der Waals surface area contributed by atoms with Gasteiger partial charge in [0.2, 0.25) is 6.04 Å². The molecule has 0 aliphatic carbocycles. The Morgan fingerprint density at radius 2 is 2.04 bits per heavy atom. The number of quaternary nitrogens is 1. The summed E-state index contributed by atoms with van der Waals surface area (Å²) >= 11 is 0. The molecule has 2 aromatic rings. The van der Waals surface area contributed by atoms with E-state index in [2.05, 4.69) is 9.97 Å². The number of nitrogens with zero attached hydrogens (tertiary/aromatic N) is 2. The molecule has 0 saturated heterocycles. The van der Waals surface area contributed by atoms with E-state index in [4.69, 9.17) is 4.74 Å². The minimum Gasteiger partial charge on any atom is -0.465 e. The second-order valence-corrected chi connectivity index (χ2v) is 7.06. The molecule has 0 saturated carbocycles. The third kappa shape index (κ3) is 2.78. The topological polar surface area (TPSA) is 92.3 Å². The molecule has 7 nitrogen and oxygen atoms in total. The molecular formula is C19H24N3O4+. The lowest BCUT2D eigenvalue weighted by atomic mass is 9.85. The number of carbonyl (C=O) groups excluding carboxylic acids is 1. The zero-order valence-electron chi connectivity index (χ0n) is 15.2. The number of imidazole rings is 1. The van der Waals surface area contributed by atoms with Crippen LogP contribution in [0.2, 0.25) is 0 Å². The number of H-pyrrole nitrogens is 1. The van der Waals surface area contributed by atoms with E-state index in [1.807, 2.05) is 44.2 Å². The van der Waals surface area contributed by atoms with Crippen LogP contribution in [0.3, 0.4) is 0 Å². The first kappa shape index (κ1) is 18.1. The van der Waals surface area contributed by atoms with Crippen molar-refractivity contribution in [2.45, 2.75) is 38.9 Å². The van der Waals surface area contributed by atoms with Crippen LogP contribution in [0.5, 0.6) is 0 Å². The van der Waals surface area contributed by atoms with Gasteiger partial charge >= 0.3 is 12.1 Å². The van der Waals surface area contributed by atoms with Gasteiger partial charge in [-0.1, -0.05) is 44.2 Å². The van der Waals surface area contributed by atoms with Gasteiger partial charge in [0.05, 0.1) is 25.6 Å². The minimum atomic E-state index is -1.04. The Kier molecular flexibility index (Phi) is 4.82. The second-order valence-electron chi connectivity index (χ2n) is 7.06. The minimum absolute atomic E-state index is 0.0377. The van der Waals surface area contributed by atoms with Gasteiger partial charge in [-0.2, -0.15) is 9.28 Å². The van der Waals surface area contributed by atoms with E-state index in [1.165, 1.54) is 7.11 Å². The van der Waals surface area contributed by atoms with Crippen molar-refractivity contribution in [3.05, 3.63) is 53.6 Å². The molecule has 0 bridgehead atoms. The van der Waals surface area contributed by atoms with Gasteiger partial charge in [-0.3, -0.25) is 0 Å². The maximum atomic E-state index is 12.7. The van der Waals surface area contributed by atoms with Crippen molar-refractivity contribution in [2.75, 3.05) is 7.11 Å². The van der Waals surface area contributed by atoms with Crippen LogP contribution in [0.25, 0.3) is 0 Å². The number of benzene rings is 1. The molecule has 1 aliphatic heterocycles. The third-order valence-electron chi connectivity index (χ3n) is 5.23. The molecule has 1 aromatic carbocycles. The Balaban J connectivity index is 2.23. The number of hydrogen-bond donors (Lipinski definition) is 2. The molecule has 1 aliphatic rings. The van der Waals surface area contributed by atoms with Crippen LogP contribution in [0, 0.1) is 5.92 Å². The number of fused-ring (bicyclic) bond motifs is 1. The van der Waals surface area contributed by atoms with Gasteiger partial charge in [0.25, 0.3) is 0 Å². The molecule has 26 heavy (non-hydrogen) atoms. The Hall–Kier alpha value is -2.67. The van der Waals surface area contributed by atoms with Crippen LogP contribution in [0.4, 0.5) is 4.79 Å². The Labute approximate surface area is 152 Å². The molecule has 2 heterocycles. The largest absolute Gasteiger partial charge is 0.515 e. The quantitative estimate of drug-likeness (QED) is 0.648. The molecule has 3 atom stereocenters. The number of carbonyl (C=O) groups is 2. The first-order valence-corrected chi connectivity index (χ1v) is 8.66. The highest BCUT2D eigenvalue weighted by atomic mass is 16.5. The number of carboxylic acid groups (broad SMARTS) is 1. The molecular weight excluding hydrogens is 334 g/mol. The van der Waals surface area contributed by atoms with Gasteiger partial charge in [0.15, 0.2) is 0 Å². The number of aromatic nitrogens is 2. The van der Waals surface area contributed by atoms with Gasteiger partial charge in [-0.05, 0) is 0 Å². The van der Waals surface area contributed by atoms with Crippen LogP contribution in [-0.2, 0) is 22.5 Å². The standard InChI is InChI=1S/C19H23N3O4/c1-12(2)17-16-14(20-11-21-16)9-15(18(23)26-3)22(17,19(24)25)10-13-7-5-4-6-8-13/h4-8,11-12,15,17H,9-10H2,1-3H3,(H-,20,21,24,25)/p+1/t15-,17-,22?/m0/s1. The monoisotopic (exact) mass is 358 g/mol. The summed E-state index contributed by atoms with van der Waals surface area (Å²) in [7, 11) is 1.30. The van der Waals surface area contributed by atoms with Crippen LogP contribution >= 0.6 is 0 Å². The fraction of sp³-hybridized carbons (Fsp3) is 0.421. The van der Waals surface area contributed by atoms with Gasteiger partial charge in [-0.25, -0.2) is 9.78 Å². The third-order valence-corrected chi connectivity index (χ3v) is 5.23. The van der Waals surface area contributed by atoms with Gasteiger partial charge in [0.1, 0.15) is 18.3 Å². The SMILES string of the molecule is COC(=O)[C@@H]1Cc2[nH]cnc2[C@H](C(C)C)[N+]1(Cc1ccccc1)C(=O)O. The zero-order chi connectivity index (χ0) is 18.9. The van der Waals surface area contributed by atoms with Gasteiger partial charge in [0, 0.05) is 11.5 Å². The van der Waals surface area contributed by atoms with E-state index in [-0.39, 0.29) is 18.9 Å². The van der Waals surface area contributed by atoms with Crippen LogP contribution in [0.1, 0.15) is 36.8 Å². The maximum Gasteiger partial charge on any atom is 0.515 e. The van der Waals surface area contributed by atoms with E-state index in [0.29, 0.717) is 0 Å². The van der Waals surface area contributed by atoms with E-state index >= 15 is 0 Å².